The second-order valence-electron chi connectivity index (χ2n) is 6.08. The second-order valence-corrected chi connectivity index (χ2v) is 6.08. The molecule has 1 amide bonds. The van der Waals surface area contributed by atoms with Crippen molar-refractivity contribution in [1.82, 2.24) is 10.2 Å². The van der Waals surface area contributed by atoms with E-state index in [-0.39, 0.29) is 25.1 Å². The number of carbonyl (C=O) groups is 1. The number of anilines is 1. The first-order valence-corrected chi connectivity index (χ1v) is 8.22. The van der Waals surface area contributed by atoms with E-state index >= 15 is 0 Å². The molecule has 0 spiro atoms. The van der Waals surface area contributed by atoms with Crippen LogP contribution in [0.4, 0.5) is 6.01 Å². The van der Waals surface area contributed by atoms with Gasteiger partial charge in [0.05, 0.1) is 12.8 Å². The predicted molar refractivity (Wildman–Crippen MR) is 93.2 cm³/mol. The van der Waals surface area contributed by atoms with E-state index < -0.39 is 0 Å². The lowest BCUT2D eigenvalue weighted by Crippen LogP contribution is -2.14. The van der Waals surface area contributed by atoms with Gasteiger partial charge in [0.2, 0.25) is 18.6 Å². The van der Waals surface area contributed by atoms with Crippen LogP contribution in [0.5, 0.6) is 11.5 Å². The fraction of sp³-hybridized carbons (Fsp3) is 0.211. The maximum Gasteiger partial charge on any atom is 0.322 e. The Morgan fingerprint density at radius 3 is 2.85 bits per heavy atom. The molecule has 0 fully saturated rings. The number of rotatable bonds is 5. The van der Waals surface area contributed by atoms with E-state index in [1.54, 1.807) is 0 Å². The molecule has 0 saturated heterocycles. The van der Waals surface area contributed by atoms with Gasteiger partial charge in [-0.25, -0.2) is 0 Å². The number of nitrogens with zero attached hydrogens (tertiary/aromatic N) is 2. The Labute approximate surface area is 150 Å². The van der Waals surface area contributed by atoms with Gasteiger partial charge >= 0.3 is 6.01 Å². The minimum absolute atomic E-state index is 0.0957. The fourth-order valence-corrected chi connectivity index (χ4v) is 2.77. The van der Waals surface area contributed by atoms with Gasteiger partial charge in [0.25, 0.3) is 0 Å². The van der Waals surface area contributed by atoms with Crippen LogP contribution in [0, 0.1) is 6.92 Å². The largest absolute Gasteiger partial charge is 0.454 e. The van der Waals surface area contributed by atoms with Crippen molar-refractivity contribution in [2.45, 2.75) is 19.8 Å². The van der Waals surface area contributed by atoms with Crippen molar-refractivity contribution in [3.63, 3.8) is 0 Å². The van der Waals surface area contributed by atoms with Crippen LogP contribution < -0.4 is 14.8 Å². The Balaban J connectivity index is 1.37. The average molecular weight is 351 g/mol. The van der Waals surface area contributed by atoms with Gasteiger partial charge in [0.1, 0.15) is 0 Å². The molecule has 1 aliphatic heterocycles. The Morgan fingerprint density at radius 1 is 1.08 bits per heavy atom. The van der Waals surface area contributed by atoms with Crippen LogP contribution in [0.25, 0.3) is 0 Å². The number of benzene rings is 2. The van der Waals surface area contributed by atoms with Crippen LogP contribution in [0.3, 0.4) is 0 Å². The highest BCUT2D eigenvalue weighted by atomic mass is 16.7. The molecule has 0 aliphatic carbocycles. The molecule has 0 saturated carbocycles. The molecule has 2 heterocycles. The molecular weight excluding hydrogens is 334 g/mol. The minimum atomic E-state index is -0.200. The molecule has 7 heteroatoms. The summed E-state index contributed by atoms with van der Waals surface area (Å²) in [6.45, 7) is 2.22. The molecule has 3 aromatic rings. The summed E-state index contributed by atoms with van der Waals surface area (Å²) in [6, 6.07) is 13.5. The Bertz CT molecular complexity index is 951. The zero-order valence-electron chi connectivity index (χ0n) is 14.2. The van der Waals surface area contributed by atoms with Gasteiger partial charge in [-0.2, -0.15) is 0 Å². The molecule has 26 heavy (non-hydrogen) atoms. The van der Waals surface area contributed by atoms with Crippen molar-refractivity contribution >= 4 is 11.9 Å². The molecule has 0 atom stereocenters. The summed E-state index contributed by atoms with van der Waals surface area (Å²) < 4.78 is 16.2. The van der Waals surface area contributed by atoms with E-state index in [0.717, 1.165) is 22.4 Å². The lowest BCUT2D eigenvalue weighted by atomic mass is 10.1. The first-order valence-electron chi connectivity index (χ1n) is 8.22. The Kier molecular flexibility index (Phi) is 4.27. The lowest BCUT2D eigenvalue weighted by molar-refractivity contribution is -0.115. The third kappa shape index (κ3) is 3.66. The van der Waals surface area contributed by atoms with Crippen molar-refractivity contribution in [1.29, 1.82) is 0 Å². The van der Waals surface area contributed by atoms with Gasteiger partial charge in [-0.15, -0.1) is 5.10 Å². The summed E-state index contributed by atoms with van der Waals surface area (Å²) in [6.07, 6.45) is 0.693. The van der Waals surface area contributed by atoms with E-state index in [1.807, 2.05) is 49.4 Å². The molecule has 0 bridgehead atoms. The minimum Gasteiger partial charge on any atom is -0.454 e. The molecule has 1 aromatic heterocycles. The second kappa shape index (κ2) is 6.87. The SMILES string of the molecule is Cc1cccc(CC(=O)Nc2nnc(Cc3ccc4c(c3)OCO4)o2)c1. The maximum atomic E-state index is 12.1. The van der Waals surface area contributed by atoms with Gasteiger partial charge in [-0.1, -0.05) is 41.0 Å². The highest BCUT2D eigenvalue weighted by Gasteiger charge is 2.15. The smallest absolute Gasteiger partial charge is 0.322 e. The van der Waals surface area contributed by atoms with Gasteiger partial charge in [0, 0.05) is 0 Å². The summed E-state index contributed by atoms with van der Waals surface area (Å²) >= 11 is 0. The average Bonchev–Trinajstić information content (AvgIpc) is 3.23. The molecular formula is C19H17N3O4. The number of amides is 1. The topological polar surface area (TPSA) is 86.5 Å². The summed E-state index contributed by atoms with van der Waals surface area (Å²) in [5, 5.41) is 10.5. The number of ether oxygens (including phenoxy) is 2. The van der Waals surface area contributed by atoms with Crippen LogP contribution in [0.2, 0.25) is 0 Å². The molecule has 0 radical (unpaired) electrons. The Morgan fingerprint density at radius 2 is 1.96 bits per heavy atom. The first kappa shape index (κ1) is 16.1. The van der Waals surface area contributed by atoms with E-state index in [2.05, 4.69) is 15.5 Å². The zero-order valence-corrected chi connectivity index (χ0v) is 14.2. The quantitative estimate of drug-likeness (QED) is 0.761. The van der Waals surface area contributed by atoms with Gasteiger partial charge in [-0.3, -0.25) is 10.1 Å². The number of hydrogen-bond acceptors (Lipinski definition) is 6. The van der Waals surface area contributed by atoms with Crippen LogP contribution in [-0.2, 0) is 17.6 Å². The van der Waals surface area contributed by atoms with Crippen LogP contribution >= 0.6 is 0 Å². The van der Waals surface area contributed by atoms with Crippen molar-refractivity contribution in [2.24, 2.45) is 0 Å². The van der Waals surface area contributed by atoms with Gasteiger partial charge < -0.3 is 13.9 Å². The third-order valence-electron chi connectivity index (χ3n) is 3.95. The summed E-state index contributed by atoms with van der Waals surface area (Å²) in [7, 11) is 0. The molecule has 2 aromatic carbocycles. The van der Waals surface area contributed by atoms with Crippen LogP contribution in [0.15, 0.2) is 46.9 Å². The number of hydrogen-bond donors (Lipinski definition) is 1. The highest BCUT2D eigenvalue weighted by molar-refractivity contribution is 5.90. The molecule has 1 N–H and O–H groups in total. The number of aromatic nitrogens is 2. The predicted octanol–water partition coefficient (Wildman–Crippen LogP) is 2.88. The third-order valence-corrected chi connectivity index (χ3v) is 3.95. The van der Waals surface area contributed by atoms with Crippen molar-refractivity contribution in [3.05, 3.63) is 65.0 Å². The first-order chi connectivity index (χ1) is 12.7. The fourth-order valence-electron chi connectivity index (χ4n) is 2.77. The lowest BCUT2D eigenvalue weighted by Gasteiger charge is -2.02. The van der Waals surface area contributed by atoms with E-state index in [4.69, 9.17) is 13.9 Å². The van der Waals surface area contributed by atoms with E-state index in [0.29, 0.717) is 18.1 Å². The molecule has 4 rings (SSSR count). The summed E-state index contributed by atoms with van der Waals surface area (Å²) in [4.78, 5) is 12.1. The number of nitrogens with one attached hydrogen (secondary N) is 1. The molecule has 1 aliphatic rings. The van der Waals surface area contributed by atoms with Crippen LogP contribution in [0.1, 0.15) is 22.6 Å². The standard InChI is InChI=1S/C19H17N3O4/c1-12-3-2-4-13(7-12)9-17(23)20-19-22-21-18(26-19)10-14-5-6-15-16(8-14)25-11-24-15/h2-8H,9-11H2,1H3,(H,20,22,23). The zero-order chi connectivity index (χ0) is 17.9. The number of carbonyl (C=O) groups excluding carboxylic acids is 1. The van der Waals surface area contributed by atoms with Crippen molar-refractivity contribution < 1.29 is 18.7 Å². The number of fused-ring (bicyclic) bond motifs is 1. The summed E-state index contributed by atoms with van der Waals surface area (Å²) in [5.74, 6) is 1.64. The maximum absolute atomic E-state index is 12.1. The Hall–Kier alpha value is -3.35. The number of aryl methyl sites for hydroxylation is 1. The van der Waals surface area contributed by atoms with Gasteiger partial charge in [-0.05, 0) is 30.2 Å². The van der Waals surface area contributed by atoms with Gasteiger partial charge in [0.15, 0.2) is 11.5 Å². The van der Waals surface area contributed by atoms with E-state index in [9.17, 15) is 4.79 Å². The van der Waals surface area contributed by atoms with Crippen molar-refractivity contribution in [2.75, 3.05) is 12.1 Å². The highest BCUT2D eigenvalue weighted by Crippen LogP contribution is 2.33. The van der Waals surface area contributed by atoms with E-state index in [1.165, 1.54) is 0 Å². The molecule has 132 valence electrons. The molecule has 0 unspecified atom stereocenters. The molecule has 7 nitrogen and oxygen atoms in total. The summed E-state index contributed by atoms with van der Waals surface area (Å²) in [5.41, 5.74) is 3.00. The normalized spacial score (nSPS) is 12.2. The van der Waals surface area contributed by atoms with Crippen LogP contribution in [-0.4, -0.2) is 22.9 Å². The monoisotopic (exact) mass is 351 g/mol. The van der Waals surface area contributed by atoms with Crippen molar-refractivity contribution in [3.8, 4) is 11.5 Å².